The maximum absolute atomic E-state index is 13.1. The van der Waals surface area contributed by atoms with Crippen molar-refractivity contribution in [3.63, 3.8) is 0 Å². The Balaban J connectivity index is 1.84. The Bertz CT molecular complexity index is 1080. The average molecular weight is 403 g/mol. The van der Waals surface area contributed by atoms with Crippen molar-refractivity contribution >= 4 is 29.2 Å². The van der Waals surface area contributed by atoms with E-state index in [1.165, 1.54) is 41.6 Å². The number of amides is 2. The molecular weight excluding hydrogens is 382 g/mol. The van der Waals surface area contributed by atoms with Crippen molar-refractivity contribution in [1.82, 2.24) is 4.98 Å². The summed E-state index contributed by atoms with van der Waals surface area (Å²) >= 11 is 0. The van der Waals surface area contributed by atoms with E-state index < -0.39 is 11.9 Å². The number of pyridine rings is 1. The Hall–Kier alpha value is -4.00. The van der Waals surface area contributed by atoms with E-state index in [1.807, 2.05) is 26.0 Å². The minimum absolute atomic E-state index is 0.123. The van der Waals surface area contributed by atoms with Gasteiger partial charge >= 0.3 is 5.97 Å². The minimum atomic E-state index is -1.04. The fourth-order valence-corrected chi connectivity index (χ4v) is 2.86. The molecule has 0 radical (unpaired) electrons. The molecule has 3 aromatic rings. The molecule has 0 aliphatic heterocycles. The number of carboxylic acids is 1. The molecule has 2 amide bonds. The van der Waals surface area contributed by atoms with Gasteiger partial charge in [0.15, 0.2) is 0 Å². The fourth-order valence-electron chi connectivity index (χ4n) is 2.86. The normalized spacial score (nSPS) is 10.3. The molecule has 7 heteroatoms. The SMILES string of the molecule is Cc1ccc(N(CC(=O)Nc2ccc(C(=O)O)cc2)C(=O)c2ccncc2)cc1C. The Morgan fingerprint density at radius 1 is 0.900 bits per heavy atom. The van der Waals surface area contributed by atoms with Crippen molar-refractivity contribution in [3.8, 4) is 0 Å². The molecule has 0 atom stereocenters. The molecule has 0 saturated carbocycles. The van der Waals surface area contributed by atoms with E-state index in [0.29, 0.717) is 16.9 Å². The van der Waals surface area contributed by atoms with Crippen LogP contribution in [0.15, 0.2) is 67.0 Å². The highest BCUT2D eigenvalue weighted by Gasteiger charge is 2.21. The molecule has 0 fully saturated rings. The number of aromatic nitrogens is 1. The van der Waals surface area contributed by atoms with Gasteiger partial charge in [-0.15, -0.1) is 0 Å². The predicted octanol–water partition coefficient (Wildman–Crippen LogP) is 3.68. The van der Waals surface area contributed by atoms with Crippen LogP contribution in [0.5, 0.6) is 0 Å². The number of carbonyl (C=O) groups is 3. The third kappa shape index (κ3) is 4.88. The van der Waals surface area contributed by atoms with Gasteiger partial charge in [-0.2, -0.15) is 0 Å². The first-order chi connectivity index (χ1) is 14.3. The van der Waals surface area contributed by atoms with Gasteiger partial charge in [0.1, 0.15) is 6.54 Å². The summed E-state index contributed by atoms with van der Waals surface area (Å²) in [5, 5.41) is 11.7. The van der Waals surface area contributed by atoms with E-state index in [2.05, 4.69) is 10.3 Å². The van der Waals surface area contributed by atoms with Crippen LogP contribution in [0.2, 0.25) is 0 Å². The molecule has 1 aromatic heterocycles. The van der Waals surface area contributed by atoms with Crippen molar-refractivity contribution in [1.29, 1.82) is 0 Å². The Labute approximate surface area is 174 Å². The number of aromatic carboxylic acids is 1. The van der Waals surface area contributed by atoms with Gasteiger partial charge in [-0.3, -0.25) is 19.5 Å². The summed E-state index contributed by atoms with van der Waals surface area (Å²) in [5.41, 5.74) is 3.68. The molecule has 1 heterocycles. The predicted molar refractivity (Wildman–Crippen MR) is 114 cm³/mol. The third-order valence-corrected chi connectivity index (χ3v) is 4.69. The Kier molecular flexibility index (Phi) is 6.22. The molecule has 2 aromatic carbocycles. The van der Waals surface area contributed by atoms with Crippen LogP contribution in [0.1, 0.15) is 31.8 Å². The summed E-state index contributed by atoms with van der Waals surface area (Å²) in [6.45, 7) is 3.71. The highest BCUT2D eigenvalue weighted by molar-refractivity contribution is 6.10. The van der Waals surface area contributed by atoms with Crippen LogP contribution in [-0.4, -0.2) is 34.4 Å². The van der Waals surface area contributed by atoms with Crippen molar-refractivity contribution < 1.29 is 19.5 Å². The van der Waals surface area contributed by atoms with Crippen LogP contribution in [-0.2, 0) is 4.79 Å². The molecule has 2 N–H and O–H groups in total. The zero-order chi connectivity index (χ0) is 21.7. The lowest BCUT2D eigenvalue weighted by molar-refractivity contribution is -0.114. The van der Waals surface area contributed by atoms with E-state index in [-0.39, 0.29) is 18.0 Å². The van der Waals surface area contributed by atoms with Crippen LogP contribution in [0.4, 0.5) is 11.4 Å². The van der Waals surface area contributed by atoms with Crippen LogP contribution in [0.3, 0.4) is 0 Å². The van der Waals surface area contributed by atoms with E-state index in [4.69, 9.17) is 5.11 Å². The van der Waals surface area contributed by atoms with E-state index in [1.54, 1.807) is 18.2 Å². The van der Waals surface area contributed by atoms with Gasteiger partial charge < -0.3 is 10.4 Å². The number of nitrogens with one attached hydrogen (secondary N) is 1. The van der Waals surface area contributed by atoms with Gasteiger partial charge in [-0.1, -0.05) is 6.07 Å². The minimum Gasteiger partial charge on any atom is -0.478 e. The molecule has 30 heavy (non-hydrogen) atoms. The topological polar surface area (TPSA) is 99.6 Å². The van der Waals surface area contributed by atoms with Crippen molar-refractivity contribution in [2.45, 2.75) is 13.8 Å². The number of hydrogen-bond acceptors (Lipinski definition) is 4. The van der Waals surface area contributed by atoms with E-state index in [0.717, 1.165) is 11.1 Å². The first-order valence-electron chi connectivity index (χ1n) is 9.27. The quantitative estimate of drug-likeness (QED) is 0.654. The number of nitrogens with zero attached hydrogens (tertiary/aromatic N) is 2. The van der Waals surface area contributed by atoms with Crippen molar-refractivity contribution in [2.24, 2.45) is 0 Å². The second-order valence-corrected chi connectivity index (χ2v) is 6.83. The maximum atomic E-state index is 13.1. The summed E-state index contributed by atoms with van der Waals surface area (Å²) < 4.78 is 0. The summed E-state index contributed by atoms with van der Waals surface area (Å²) in [4.78, 5) is 42.1. The summed E-state index contributed by atoms with van der Waals surface area (Å²) in [6, 6.07) is 14.6. The third-order valence-electron chi connectivity index (χ3n) is 4.69. The summed E-state index contributed by atoms with van der Waals surface area (Å²) in [6.07, 6.45) is 3.05. The molecule has 7 nitrogen and oxygen atoms in total. The molecule has 0 saturated heterocycles. The van der Waals surface area contributed by atoms with Crippen LogP contribution >= 0.6 is 0 Å². The van der Waals surface area contributed by atoms with Gasteiger partial charge in [0, 0.05) is 29.3 Å². The van der Waals surface area contributed by atoms with Gasteiger partial charge in [0.25, 0.3) is 5.91 Å². The number of anilines is 2. The van der Waals surface area contributed by atoms with Crippen molar-refractivity contribution in [2.75, 3.05) is 16.8 Å². The number of benzene rings is 2. The molecule has 152 valence electrons. The number of carboxylic acid groups (broad SMARTS) is 1. The maximum Gasteiger partial charge on any atom is 0.335 e. The lowest BCUT2D eigenvalue weighted by Gasteiger charge is -2.23. The zero-order valence-corrected chi connectivity index (χ0v) is 16.6. The zero-order valence-electron chi connectivity index (χ0n) is 16.6. The number of hydrogen-bond donors (Lipinski definition) is 2. The second kappa shape index (κ2) is 9.00. The van der Waals surface area contributed by atoms with Crippen LogP contribution < -0.4 is 10.2 Å². The lowest BCUT2D eigenvalue weighted by Crippen LogP contribution is -2.38. The first kappa shape index (κ1) is 20.7. The van der Waals surface area contributed by atoms with Gasteiger partial charge in [0.2, 0.25) is 5.91 Å². The smallest absolute Gasteiger partial charge is 0.335 e. The highest BCUT2D eigenvalue weighted by Crippen LogP contribution is 2.21. The number of aryl methyl sites for hydroxylation is 2. The molecule has 0 spiro atoms. The Morgan fingerprint density at radius 3 is 2.17 bits per heavy atom. The van der Waals surface area contributed by atoms with Gasteiger partial charge in [0.05, 0.1) is 5.56 Å². The molecule has 3 rings (SSSR count). The number of rotatable bonds is 6. The molecule has 0 unspecified atom stereocenters. The molecular formula is C23H21N3O4. The lowest BCUT2D eigenvalue weighted by atomic mass is 10.1. The summed E-state index contributed by atoms with van der Waals surface area (Å²) in [5.74, 6) is -1.77. The van der Waals surface area contributed by atoms with E-state index >= 15 is 0 Å². The monoisotopic (exact) mass is 403 g/mol. The second-order valence-electron chi connectivity index (χ2n) is 6.83. The fraction of sp³-hybridized carbons (Fsp3) is 0.130. The largest absolute Gasteiger partial charge is 0.478 e. The molecule has 0 aliphatic rings. The van der Waals surface area contributed by atoms with Crippen LogP contribution in [0, 0.1) is 13.8 Å². The first-order valence-corrected chi connectivity index (χ1v) is 9.27. The number of carbonyl (C=O) groups excluding carboxylic acids is 2. The van der Waals surface area contributed by atoms with Gasteiger partial charge in [-0.25, -0.2) is 4.79 Å². The molecule has 0 aliphatic carbocycles. The van der Waals surface area contributed by atoms with E-state index in [9.17, 15) is 14.4 Å². The summed E-state index contributed by atoms with van der Waals surface area (Å²) in [7, 11) is 0. The average Bonchev–Trinajstić information content (AvgIpc) is 2.74. The molecule has 0 bridgehead atoms. The van der Waals surface area contributed by atoms with Crippen molar-refractivity contribution in [3.05, 3.63) is 89.2 Å². The highest BCUT2D eigenvalue weighted by atomic mass is 16.4. The Morgan fingerprint density at radius 2 is 1.57 bits per heavy atom. The van der Waals surface area contributed by atoms with Gasteiger partial charge in [-0.05, 0) is 73.5 Å². The van der Waals surface area contributed by atoms with Crippen LogP contribution in [0.25, 0.3) is 0 Å². The standard InChI is InChI=1S/C23H21N3O4/c1-15-3-8-20(13-16(15)2)26(22(28)17-9-11-24-12-10-17)14-21(27)25-19-6-4-18(5-7-19)23(29)30/h3-13H,14H2,1-2H3,(H,25,27)(H,29,30).